The maximum absolute atomic E-state index is 12.4. The molecule has 0 amide bonds. The van der Waals surface area contributed by atoms with E-state index in [-0.39, 0.29) is 17.1 Å². The van der Waals surface area contributed by atoms with Gasteiger partial charge in [-0.2, -0.15) is 0 Å². The van der Waals surface area contributed by atoms with Crippen molar-refractivity contribution in [3.63, 3.8) is 0 Å². The van der Waals surface area contributed by atoms with Crippen LogP contribution in [0.25, 0.3) is 0 Å². The molecule has 0 spiro atoms. The number of amidine groups is 1. The topological polar surface area (TPSA) is 38.7 Å². The van der Waals surface area contributed by atoms with Crippen LogP contribution in [-0.4, -0.2) is 59.9 Å². The fourth-order valence-electron chi connectivity index (χ4n) is 3.56. The summed E-state index contributed by atoms with van der Waals surface area (Å²) in [6, 6.07) is 1.01. The first-order valence-electron chi connectivity index (χ1n) is 7.89. The summed E-state index contributed by atoms with van der Waals surface area (Å²) in [6.45, 7) is 16.8. The molecule has 0 aromatic carbocycles. The third-order valence-electron chi connectivity index (χ3n) is 4.20. The second-order valence-corrected chi connectivity index (χ2v) is 8.75. The minimum absolute atomic E-state index is 0.191. The summed E-state index contributed by atoms with van der Waals surface area (Å²) in [5.41, 5.74) is -0.729. The molecule has 0 aromatic rings. The molecule has 0 atom stereocenters. The van der Waals surface area contributed by atoms with Gasteiger partial charge in [-0.3, -0.25) is 0 Å². The average Bonchev–Trinajstić information content (AvgIpc) is 2.23. The first-order valence-corrected chi connectivity index (χ1v) is 8.75. The molecule has 122 valence electrons. The Morgan fingerprint density at radius 1 is 1.10 bits per heavy atom. The summed E-state index contributed by atoms with van der Waals surface area (Å²) in [5.74, 6) is 0. The van der Waals surface area contributed by atoms with E-state index in [1.54, 1.807) is 0 Å². The van der Waals surface area contributed by atoms with E-state index in [0.29, 0.717) is 12.1 Å². The number of nitrogens with zero attached hydrogens (tertiary/aromatic N) is 3. The van der Waals surface area contributed by atoms with Crippen molar-refractivity contribution in [3.05, 3.63) is 0 Å². The van der Waals surface area contributed by atoms with E-state index in [9.17, 15) is 5.21 Å². The third-order valence-corrected chi connectivity index (χ3v) is 4.86. The third kappa shape index (κ3) is 4.44. The zero-order valence-corrected chi connectivity index (χ0v) is 16.5. The summed E-state index contributed by atoms with van der Waals surface area (Å²) in [7, 11) is 0. The van der Waals surface area contributed by atoms with E-state index in [2.05, 4.69) is 48.6 Å². The Balaban J connectivity index is 2.98. The van der Waals surface area contributed by atoms with E-state index in [4.69, 9.17) is 4.99 Å². The van der Waals surface area contributed by atoms with Crippen LogP contribution in [0.15, 0.2) is 4.99 Å². The molecule has 1 saturated heterocycles. The normalized spacial score (nSPS) is 23.9. The number of piperidine rings is 1. The van der Waals surface area contributed by atoms with Gasteiger partial charge in [0.05, 0.1) is 0 Å². The van der Waals surface area contributed by atoms with Crippen LogP contribution in [-0.2, 0) is 5.21 Å². The standard InChI is InChI=1S/C16H31N3OSe/c1-11(2)18(12(3)4)14(21)17-13-9-15(5,6)19(20)16(7,8)10-13/h11-13H,9-10H2,1-8H3. The Labute approximate surface area is 138 Å². The van der Waals surface area contributed by atoms with Gasteiger partial charge in [0, 0.05) is 0 Å². The summed E-state index contributed by atoms with van der Waals surface area (Å²) in [5, 5.41) is 13.7. The molecular formula is C16H31N3OSe. The van der Waals surface area contributed by atoms with Gasteiger partial charge >= 0.3 is 138 Å². The first kappa shape index (κ1) is 19.0. The van der Waals surface area contributed by atoms with Crippen molar-refractivity contribution in [1.29, 1.82) is 0 Å². The molecule has 0 saturated carbocycles. The Morgan fingerprint density at radius 2 is 1.48 bits per heavy atom. The Hall–Kier alpha value is -0.0905. The quantitative estimate of drug-likeness (QED) is 0.441. The van der Waals surface area contributed by atoms with Crippen LogP contribution < -0.4 is 0 Å². The van der Waals surface area contributed by atoms with Gasteiger partial charge in [0.2, 0.25) is 0 Å². The summed E-state index contributed by atoms with van der Waals surface area (Å²) >= 11 is 3.14. The molecule has 5 heteroatoms. The van der Waals surface area contributed by atoms with E-state index in [1.807, 2.05) is 27.7 Å². The fourth-order valence-corrected chi connectivity index (χ4v) is 4.76. The Kier molecular flexibility index (Phi) is 5.93. The van der Waals surface area contributed by atoms with Gasteiger partial charge in [-0.1, -0.05) is 0 Å². The molecule has 0 aliphatic carbocycles. The second kappa shape index (κ2) is 6.57. The zero-order chi connectivity index (χ0) is 16.6. The van der Waals surface area contributed by atoms with E-state index in [0.717, 1.165) is 17.6 Å². The minimum atomic E-state index is -0.364. The molecule has 1 rings (SSSR count). The van der Waals surface area contributed by atoms with Crippen molar-refractivity contribution in [2.24, 2.45) is 4.99 Å². The van der Waals surface area contributed by atoms with E-state index in [1.165, 1.54) is 5.06 Å². The number of hydroxylamine groups is 2. The summed E-state index contributed by atoms with van der Waals surface area (Å²) in [4.78, 5) is 7.22. The molecular weight excluding hydrogens is 329 g/mol. The number of hydrogen-bond donors (Lipinski definition) is 0. The Bertz CT molecular complexity index is 365. The average molecular weight is 360 g/mol. The van der Waals surface area contributed by atoms with Gasteiger partial charge in [-0.15, -0.1) is 0 Å². The Morgan fingerprint density at radius 3 is 1.81 bits per heavy atom. The van der Waals surface area contributed by atoms with Crippen molar-refractivity contribution >= 4 is 20.7 Å². The van der Waals surface area contributed by atoms with E-state index >= 15 is 0 Å². The predicted molar refractivity (Wildman–Crippen MR) is 89.0 cm³/mol. The monoisotopic (exact) mass is 361 g/mol. The SMILES string of the molecule is CC(C)N(C([Se])=NC1CC(C)(C)N([O])C(C)(C)C1)C(C)C. The molecule has 1 aliphatic heterocycles. The van der Waals surface area contributed by atoms with Crippen LogP contribution in [0.1, 0.15) is 68.2 Å². The van der Waals surface area contributed by atoms with Gasteiger partial charge in [-0.05, 0) is 0 Å². The van der Waals surface area contributed by atoms with Crippen molar-refractivity contribution in [1.82, 2.24) is 9.96 Å². The first-order chi connectivity index (χ1) is 9.38. The molecule has 21 heavy (non-hydrogen) atoms. The van der Waals surface area contributed by atoms with Crippen molar-refractivity contribution in [2.75, 3.05) is 0 Å². The van der Waals surface area contributed by atoms with Crippen LogP contribution in [0.2, 0.25) is 0 Å². The zero-order valence-electron chi connectivity index (χ0n) is 14.8. The summed E-state index contributed by atoms with van der Waals surface area (Å²) < 4.78 is 0.968. The predicted octanol–water partition coefficient (Wildman–Crippen LogP) is 3.00. The van der Waals surface area contributed by atoms with Crippen molar-refractivity contribution < 1.29 is 5.21 Å². The van der Waals surface area contributed by atoms with Crippen molar-refractivity contribution in [2.45, 2.75) is 97.4 Å². The number of hydrogen-bond acceptors (Lipinski definition) is 2. The van der Waals surface area contributed by atoms with Gasteiger partial charge < -0.3 is 0 Å². The summed E-state index contributed by atoms with van der Waals surface area (Å²) in [6.07, 6.45) is 1.60. The second-order valence-electron chi connectivity index (χ2n) is 7.99. The molecule has 1 fully saturated rings. The van der Waals surface area contributed by atoms with Crippen LogP contribution in [0.4, 0.5) is 0 Å². The number of aliphatic imine (C=N–C) groups is 1. The molecule has 0 bridgehead atoms. The molecule has 0 aromatic heterocycles. The van der Waals surface area contributed by atoms with Crippen molar-refractivity contribution in [3.8, 4) is 0 Å². The molecule has 1 heterocycles. The maximum atomic E-state index is 12.4. The van der Waals surface area contributed by atoms with E-state index < -0.39 is 0 Å². The van der Waals surface area contributed by atoms with Gasteiger partial charge in [-0.25, -0.2) is 0 Å². The van der Waals surface area contributed by atoms with Crippen LogP contribution in [0.3, 0.4) is 0 Å². The fraction of sp³-hybridized carbons (Fsp3) is 0.938. The molecule has 0 unspecified atom stereocenters. The van der Waals surface area contributed by atoms with Gasteiger partial charge in [0.1, 0.15) is 0 Å². The molecule has 1 aliphatic rings. The van der Waals surface area contributed by atoms with Gasteiger partial charge in [0.25, 0.3) is 0 Å². The van der Waals surface area contributed by atoms with Gasteiger partial charge in [0.15, 0.2) is 0 Å². The van der Waals surface area contributed by atoms with Crippen LogP contribution in [0, 0.1) is 0 Å². The molecule has 4 nitrogen and oxygen atoms in total. The van der Waals surface area contributed by atoms with Crippen LogP contribution >= 0.6 is 0 Å². The molecule has 2 radical (unpaired) electrons. The molecule has 0 N–H and O–H groups in total. The van der Waals surface area contributed by atoms with Crippen LogP contribution in [0.5, 0.6) is 0 Å². The number of rotatable bonds is 3.